The van der Waals surface area contributed by atoms with Crippen LogP contribution in [0.5, 0.6) is 11.5 Å². The number of hydrogen-bond acceptors (Lipinski definition) is 7. The van der Waals surface area contributed by atoms with Crippen LogP contribution in [0.1, 0.15) is 5.56 Å². The molecule has 0 saturated heterocycles. The van der Waals surface area contributed by atoms with Crippen molar-refractivity contribution in [1.82, 2.24) is 19.7 Å². The summed E-state index contributed by atoms with van der Waals surface area (Å²) < 4.78 is 17.8. The van der Waals surface area contributed by atoms with Gasteiger partial charge in [0.05, 0.1) is 49.3 Å². The molecule has 8 nitrogen and oxygen atoms in total. The summed E-state index contributed by atoms with van der Waals surface area (Å²) in [4.78, 5) is 9.05. The SMILES string of the molecule is COCCn1cc(CNc2nc(-c3c(Cl)c(OC)cc(OC)c3Cl)cc3cnc(Cl)cc23)cn1. The van der Waals surface area contributed by atoms with E-state index in [-0.39, 0.29) is 0 Å². The van der Waals surface area contributed by atoms with E-state index >= 15 is 0 Å². The molecule has 0 fully saturated rings. The molecule has 3 aromatic heterocycles. The molecule has 0 radical (unpaired) electrons. The van der Waals surface area contributed by atoms with E-state index in [4.69, 9.17) is 54.0 Å². The molecule has 34 heavy (non-hydrogen) atoms. The fourth-order valence-electron chi connectivity index (χ4n) is 3.48. The topological polar surface area (TPSA) is 83.3 Å². The van der Waals surface area contributed by atoms with Crippen molar-refractivity contribution in [2.45, 2.75) is 13.1 Å². The van der Waals surface area contributed by atoms with Crippen molar-refractivity contribution >= 4 is 51.4 Å². The Morgan fingerprint density at radius 1 is 0.971 bits per heavy atom. The molecular formula is C23H22Cl3N5O3. The molecule has 178 valence electrons. The smallest absolute Gasteiger partial charge is 0.141 e. The number of aromatic nitrogens is 4. The number of methoxy groups -OCH3 is 3. The molecule has 0 aliphatic heterocycles. The summed E-state index contributed by atoms with van der Waals surface area (Å²) in [7, 11) is 4.71. The van der Waals surface area contributed by atoms with Crippen LogP contribution in [0.15, 0.2) is 36.8 Å². The molecule has 0 unspecified atom stereocenters. The van der Waals surface area contributed by atoms with Crippen LogP contribution in [-0.2, 0) is 17.8 Å². The van der Waals surface area contributed by atoms with Crippen LogP contribution >= 0.6 is 34.8 Å². The van der Waals surface area contributed by atoms with Crippen LogP contribution in [-0.4, -0.2) is 47.7 Å². The Hall–Kier alpha value is -2.78. The van der Waals surface area contributed by atoms with Crippen molar-refractivity contribution in [2.75, 3.05) is 33.3 Å². The minimum absolute atomic E-state index is 0.326. The first-order chi connectivity index (χ1) is 16.4. The molecule has 0 bridgehead atoms. The van der Waals surface area contributed by atoms with Gasteiger partial charge in [0.15, 0.2) is 0 Å². The minimum Gasteiger partial charge on any atom is -0.495 e. The number of nitrogens with one attached hydrogen (secondary N) is 1. The summed E-state index contributed by atoms with van der Waals surface area (Å²) in [5, 5.41) is 10.3. The quantitative estimate of drug-likeness (QED) is 0.281. The predicted molar refractivity (Wildman–Crippen MR) is 135 cm³/mol. The fraction of sp³-hybridized carbons (Fsp3) is 0.261. The van der Waals surface area contributed by atoms with Gasteiger partial charge < -0.3 is 19.5 Å². The van der Waals surface area contributed by atoms with Crippen molar-refractivity contribution in [3.8, 4) is 22.8 Å². The van der Waals surface area contributed by atoms with Gasteiger partial charge in [-0.25, -0.2) is 9.97 Å². The Balaban J connectivity index is 1.78. The van der Waals surface area contributed by atoms with E-state index in [0.717, 1.165) is 16.3 Å². The van der Waals surface area contributed by atoms with E-state index in [1.54, 1.807) is 31.6 Å². The highest BCUT2D eigenvalue weighted by Gasteiger charge is 2.21. The number of fused-ring (bicyclic) bond motifs is 1. The van der Waals surface area contributed by atoms with Gasteiger partial charge in [-0.2, -0.15) is 5.10 Å². The van der Waals surface area contributed by atoms with E-state index in [0.29, 0.717) is 63.5 Å². The summed E-state index contributed by atoms with van der Waals surface area (Å²) in [5.74, 6) is 1.44. The van der Waals surface area contributed by atoms with Crippen molar-refractivity contribution < 1.29 is 14.2 Å². The lowest BCUT2D eigenvalue weighted by molar-refractivity contribution is 0.183. The Morgan fingerprint density at radius 2 is 1.71 bits per heavy atom. The summed E-state index contributed by atoms with van der Waals surface area (Å²) in [6.07, 6.45) is 5.42. The van der Waals surface area contributed by atoms with Gasteiger partial charge in [-0.05, 0) is 12.1 Å². The molecule has 4 rings (SSSR count). The van der Waals surface area contributed by atoms with E-state index in [1.807, 2.05) is 16.9 Å². The molecule has 0 saturated carbocycles. The number of anilines is 1. The zero-order valence-corrected chi connectivity index (χ0v) is 21.0. The van der Waals surface area contributed by atoms with Crippen LogP contribution in [0.4, 0.5) is 5.82 Å². The van der Waals surface area contributed by atoms with Crippen molar-refractivity contribution in [2.24, 2.45) is 0 Å². The van der Waals surface area contributed by atoms with Gasteiger partial charge in [0, 0.05) is 54.0 Å². The van der Waals surface area contributed by atoms with Gasteiger partial charge in [0.1, 0.15) is 22.5 Å². The van der Waals surface area contributed by atoms with Crippen LogP contribution in [0.25, 0.3) is 22.0 Å². The highest BCUT2D eigenvalue weighted by molar-refractivity contribution is 6.41. The van der Waals surface area contributed by atoms with E-state index < -0.39 is 0 Å². The molecule has 0 spiro atoms. The lowest BCUT2D eigenvalue weighted by Crippen LogP contribution is -2.05. The second-order valence-electron chi connectivity index (χ2n) is 7.33. The number of pyridine rings is 2. The first-order valence-corrected chi connectivity index (χ1v) is 11.4. The second-order valence-corrected chi connectivity index (χ2v) is 8.47. The van der Waals surface area contributed by atoms with E-state index in [9.17, 15) is 0 Å². The molecule has 0 aliphatic rings. The molecule has 1 N–H and O–H groups in total. The average molecular weight is 523 g/mol. The maximum atomic E-state index is 6.64. The number of hydrogen-bond donors (Lipinski definition) is 1. The molecule has 4 aromatic rings. The van der Waals surface area contributed by atoms with Gasteiger partial charge in [-0.3, -0.25) is 4.68 Å². The van der Waals surface area contributed by atoms with E-state index in [2.05, 4.69) is 15.4 Å². The average Bonchev–Trinajstić information content (AvgIpc) is 3.29. The van der Waals surface area contributed by atoms with Gasteiger partial charge in [0.25, 0.3) is 0 Å². The van der Waals surface area contributed by atoms with Gasteiger partial charge in [0.2, 0.25) is 0 Å². The lowest BCUT2D eigenvalue weighted by atomic mass is 10.1. The van der Waals surface area contributed by atoms with Crippen LogP contribution in [0.3, 0.4) is 0 Å². The number of nitrogens with zero attached hydrogens (tertiary/aromatic N) is 4. The molecular weight excluding hydrogens is 501 g/mol. The Bertz CT molecular complexity index is 1300. The second kappa shape index (κ2) is 10.7. The van der Waals surface area contributed by atoms with Gasteiger partial charge >= 0.3 is 0 Å². The molecule has 0 amide bonds. The van der Waals surface area contributed by atoms with Crippen LogP contribution in [0.2, 0.25) is 15.2 Å². The van der Waals surface area contributed by atoms with Crippen molar-refractivity contribution in [3.05, 3.63) is 57.6 Å². The zero-order chi connectivity index (χ0) is 24.2. The maximum absolute atomic E-state index is 6.64. The standard InChI is InChI=1S/C23H22Cl3N5O3/c1-32-5-4-31-12-13(10-29-31)9-28-23-15-7-19(24)27-11-14(15)6-16(30-23)20-21(25)17(33-2)8-18(34-3)22(20)26/h6-8,10-12H,4-5,9H2,1-3H3,(H,28,30). The molecule has 0 aliphatic carbocycles. The predicted octanol–water partition coefficient (Wildman–Crippen LogP) is 5.73. The van der Waals surface area contributed by atoms with Crippen molar-refractivity contribution in [1.29, 1.82) is 0 Å². The highest BCUT2D eigenvalue weighted by Crippen LogP contribution is 2.46. The Morgan fingerprint density at radius 3 is 2.38 bits per heavy atom. The minimum atomic E-state index is 0.326. The Kier molecular flexibility index (Phi) is 7.63. The third-order valence-corrected chi connectivity index (χ3v) is 6.14. The van der Waals surface area contributed by atoms with Gasteiger partial charge in [-0.15, -0.1) is 0 Å². The van der Waals surface area contributed by atoms with Crippen LogP contribution < -0.4 is 14.8 Å². The third-order valence-electron chi connectivity index (χ3n) is 5.18. The largest absolute Gasteiger partial charge is 0.495 e. The molecule has 0 atom stereocenters. The van der Waals surface area contributed by atoms with E-state index in [1.165, 1.54) is 14.2 Å². The van der Waals surface area contributed by atoms with Gasteiger partial charge in [-0.1, -0.05) is 34.8 Å². The first-order valence-electron chi connectivity index (χ1n) is 10.3. The highest BCUT2D eigenvalue weighted by atomic mass is 35.5. The monoisotopic (exact) mass is 521 g/mol. The summed E-state index contributed by atoms with van der Waals surface area (Å²) >= 11 is 19.5. The lowest BCUT2D eigenvalue weighted by Gasteiger charge is -2.16. The van der Waals surface area contributed by atoms with Crippen LogP contribution in [0, 0.1) is 0 Å². The third kappa shape index (κ3) is 5.00. The fourth-order valence-corrected chi connectivity index (χ4v) is 4.34. The Labute approximate surface area is 211 Å². The summed E-state index contributed by atoms with van der Waals surface area (Å²) in [6, 6.07) is 5.24. The number of benzene rings is 1. The normalized spacial score (nSPS) is 11.1. The summed E-state index contributed by atoms with van der Waals surface area (Å²) in [6.45, 7) is 1.74. The number of rotatable bonds is 9. The summed E-state index contributed by atoms with van der Waals surface area (Å²) in [5.41, 5.74) is 2.00. The zero-order valence-electron chi connectivity index (χ0n) is 18.7. The first kappa shape index (κ1) is 24.3. The maximum Gasteiger partial charge on any atom is 0.141 e. The molecule has 3 heterocycles. The van der Waals surface area contributed by atoms with Crippen molar-refractivity contribution in [3.63, 3.8) is 0 Å². The molecule has 11 heteroatoms. The number of ether oxygens (including phenoxy) is 3. The number of halogens is 3. The molecule has 1 aromatic carbocycles.